The predicted octanol–water partition coefficient (Wildman–Crippen LogP) is 2.03. The van der Waals surface area contributed by atoms with Crippen molar-refractivity contribution in [1.29, 1.82) is 0 Å². The zero-order valence-electron chi connectivity index (χ0n) is 13.6. The number of para-hydroxylation sites is 1. The van der Waals surface area contributed by atoms with Gasteiger partial charge in [0.05, 0.1) is 0 Å². The molecule has 1 heterocycles. The number of ether oxygens (including phenoxy) is 1. The van der Waals surface area contributed by atoms with Crippen molar-refractivity contribution >= 4 is 17.7 Å². The fourth-order valence-corrected chi connectivity index (χ4v) is 3.14. The highest BCUT2D eigenvalue weighted by Crippen LogP contribution is 2.33. The van der Waals surface area contributed by atoms with Crippen molar-refractivity contribution in [2.75, 3.05) is 5.84 Å². The summed E-state index contributed by atoms with van der Waals surface area (Å²) in [4.78, 5) is 11.8. The fraction of sp³-hybridized carbons (Fsp3) is 0.118. The molecule has 1 aromatic heterocycles. The third-order valence-corrected chi connectivity index (χ3v) is 4.74. The van der Waals surface area contributed by atoms with Crippen LogP contribution in [0.5, 0.6) is 5.75 Å². The number of carbonyl (C=O) groups is 1. The van der Waals surface area contributed by atoms with Crippen LogP contribution in [0.2, 0.25) is 0 Å². The first kappa shape index (κ1) is 17.7. The largest absolute Gasteiger partial charge is 0.482 e. The van der Waals surface area contributed by atoms with E-state index < -0.39 is 17.0 Å². The van der Waals surface area contributed by atoms with E-state index in [1.807, 2.05) is 18.2 Å². The van der Waals surface area contributed by atoms with E-state index >= 15 is 0 Å². The Morgan fingerprint density at radius 3 is 2.54 bits per heavy atom. The minimum Gasteiger partial charge on any atom is -0.482 e. The van der Waals surface area contributed by atoms with Crippen LogP contribution in [0.1, 0.15) is 16.6 Å². The van der Waals surface area contributed by atoms with Crippen molar-refractivity contribution in [2.45, 2.75) is 17.0 Å². The predicted molar refractivity (Wildman–Crippen MR) is 95.1 cm³/mol. The summed E-state index contributed by atoms with van der Waals surface area (Å²) in [5, 5.41) is 7.53. The van der Waals surface area contributed by atoms with Crippen molar-refractivity contribution < 1.29 is 13.9 Å². The molecular formula is C17H16FN5O2S. The van der Waals surface area contributed by atoms with Crippen molar-refractivity contribution in [2.24, 2.45) is 5.73 Å². The molecule has 3 aromatic rings. The molecule has 0 bridgehead atoms. The Labute approximate surface area is 153 Å². The van der Waals surface area contributed by atoms with Gasteiger partial charge in [0.2, 0.25) is 11.1 Å². The number of hydrogen-bond acceptors (Lipinski definition) is 6. The summed E-state index contributed by atoms with van der Waals surface area (Å²) in [6.45, 7) is -0.0719. The molecule has 7 nitrogen and oxygen atoms in total. The number of aromatic nitrogens is 3. The second-order valence-corrected chi connectivity index (χ2v) is 6.37. The van der Waals surface area contributed by atoms with Crippen molar-refractivity contribution in [1.82, 2.24) is 14.9 Å². The highest BCUT2D eigenvalue weighted by molar-refractivity contribution is 8.00. The number of nitrogen functional groups attached to an aromatic ring is 1. The molecule has 0 aliphatic heterocycles. The molecule has 1 amide bonds. The molecule has 134 valence electrons. The maximum Gasteiger partial charge on any atom is 0.235 e. The Hall–Kier alpha value is -3.07. The highest BCUT2D eigenvalue weighted by atomic mass is 32.2. The lowest BCUT2D eigenvalue weighted by Crippen LogP contribution is -2.21. The molecule has 0 radical (unpaired) electrons. The number of thioether (sulfide) groups is 1. The van der Waals surface area contributed by atoms with Crippen LogP contribution in [0.4, 0.5) is 4.39 Å². The number of carbonyl (C=O) groups excluding carboxylic acids is 1. The first-order chi connectivity index (χ1) is 12.6. The minimum absolute atomic E-state index is 0.0719. The second-order valence-electron chi connectivity index (χ2n) is 5.30. The van der Waals surface area contributed by atoms with Gasteiger partial charge in [-0.05, 0) is 17.7 Å². The molecule has 0 unspecified atom stereocenters. The Bertz CT molecular complexity index is 903. The number of halogens is 1. The van der Waals surface area contributed by atoms with Gasteiger partial charge in [0.1, 0.15) is 11.9 Å². The lowest BCUT2D eigenvalue weighted by atomic mass is 10.1. The monoisotopic (exact) mass is 373 g/mol. The first-order valence-electron chi connectivity index (χ1n) is 7.64. The van der Waals surface area contributed by atoms with Crippen molar-refractivity contribution in [3.05, 3.63) is 71.8 Å². The molecule has 1 atom stereocenters. The number of hydrogen-bond donors (Lipinski definition) is 2. The SMILES string of the molecule is NC(=O)[C@@H](Sc1nnc(COc2ccccc2F)n1N)c1ccccc1. The van der Waals surface area contributed by atoms with Crippen molar-refractivity contribution in [3.63, 3.8) is 0 Å². The maximum atomic E-state index is 13.6. The van der Waals surface area contributed by atoms with Crippen LogP contribution in [0.3, 0.4) is 0 Å². The summed E-state index contributed by atoms with van der Waals surface area (Å²) in [5.41, 5.74) is 6.23. The molecule has 3 rings (SSSR count). The standard InChI is InChI=1S/C17H16FN5O2S/c18-12-8-4-5-9-13(12)25-10-14-21-22-17(23(14)20)26-15(16(19)24)11-6-2-1-3-7-11/h1-9,15H,10,20H2,(H2,19,24)/t15-/m0/s1. The van der Waals surface area contributed by atoms with E-state index in [9.17, 15) is 9.18 Å². The average molecular weight is 373 g/mol. The van der Waals surface area contributed by atoms with E-state index in [1.165, 1.54) is 16.8 Å². The molecule has 4 N–H and O–H groups in total. The molecule has 0 saturated heterocycles. The van der Waals surface area contributed by atoms with E-state index in [1.54, 1.807) is 24.3 Å². The van der Waals surface area contributed by atoms with Gasteiger partial charge in [0.25, 0.3) is 0 Å². The Balaban J connectivity index is 1.74. The Morgan fingerprint density at radius 2 is 1.85 bits per heavy atom. The lowest BCUT2D eigenvalue weighted by molar-refractivity contribution is -0.117. The lowest BCUT2D eigenvalue weighted by Gasteiger charge is -2.12. The molecule has 0 spiro atoms. The van der Waals surface area contributed by atoms with Crippen LogP contribution in [0.15, 0.2) is 59.8 Å². The second kappa shape index (κ2) is 7.87. The van der Waals surface area contributed by atoms with E-state index in [4.69, 9.17) is 16.3 Å². The highest BCUT2D eigenvalue weighted by Gasteiger charge is 2.23. The molecule has 0 saturated carbocycles. The summed E-state index contributed by atoms with van der Waals surface area (Å²) >= 11 is 1.08. The van der Waals surface area contributed by atoms with Crippen LogP contribution >= 0.6 is 11.8 Å². The molecule has 0 fully saturated rings. The summed E-state index contributed by atoms with van der Waals surface area (Å²) in [7, 11) is 0. The summed E-state index contributed by atoms with van der Waals surface area (Å²) in [6.07, 6.45) is 0. The molecule has 2 aromatic carbocycles. The van der Waals surface area contributed by atoms with Gasteiger partial charge in [-0.2, -0.15) is 0 Å². The van der Waals surface area contributed by atoms with Crippen LogP contribution in [0.25, 0.3) is 0 Å². The quantitative estimate of drug-likeness (QED) is 0.484. The number of nitrogens with zero attached hydrogens (tertiary/aromatic N) is 3. The number of amides is 1. The number of primary amides is 1. The Kier molecular flexibility index (Phi) is 5.37. The maximum absolute atomic E-state index is 13.6. The van der Waals surface area contributed by atoms with Crippen molar-refractivity contribution in [3.8, 4) is 5.75 Å². The zero-order valence-corrected chi connectivity index (χ0v) is 14.4. The smallest absolute Gasteiger partial charge is 0.235 e. The molecule has 0 aliphatic carbocycles. The molecule has 0 aliphatic rings. The van der Waals surface area contributed by atoms with Crippen LogP contribution in [0, 0.1) is 5.82 Å². The fourth-order valence-electron chi connectivity index (χ4n) is 2.21. The van der Waals surface area contributed by atoms with Gasteiger partial charge in [0.15, 0.2) is 17.4 Å². The summed E-state index contributed by atoms with van der Waals surface area (Å²) < 4.78 is 20.2. The van der Waals surface area contributed by atoms with Crippen LogP contribution < -0.4 is 16.3 Å². The first-order valence-corrected chi connectivity index (χ1v) is 8.52. The number of rotatable bonds is 7. The zero-order chi connectivity index (χ0) is 18.5. The van der Waals surface area contributed by atoms with E-state index in [0.29, 0.717) is 5.16 Å². The van der Waals surface area contributed by atoms with Gasteiger partial charge in [-0.1, -0.05) is 54.2 Å². The summed E-state index contributed by atoms with van der Waals surface area (Å²) in [6, 6.07) is 15.1. The van der Waals surface area contributed by atoms with Gasteiger partial charge >= 0.3 is 0 Å². The van der Waals surface area contributed by atoms with Crippen LogP contribution in [-0.2, 0) is 11.4 Å². The van der Waals surface area contributed by atoms with Crippen LogP contribution in [-0.4, -0.2) is 20.8 Å². The van der Waals surface area contributed by atoms with Gasteiger partial charge in [0, 0.05) is 0 Å². The molecule has 26 heavy (non-hydrogen) atoms. The molecule has 9 heteroatoms. The summed E-state index contributed by atoms with van der Waals surface area (Å²) in [5.74, 6) is 5.35. The van der Waals surface area contributed by atoms with Gasteiger partial charge in [-0.25, -0.2) is 9.07 Å². The normalized spacial score (nSPS) is 11.9. The number of benzene rings is 2. The van der Waals surface area contributed by atoms with Gasteiger partial charge in [-0.15, -0.1) is 10.2 Å². The Morgan fingerprint density at radius 1 is 1.15 bits per heavy atom. The van der Waals surface area contributed by atoms with Gasteiger partial charge < -0.3 is 16.3 Å². The average Bonchev–Trinajstić information content (AvgIpc) is 2.99. The topological polar surface area (TPSA) is 109 Å². The van der Waals surface area contributed by atoms with Gasteiger partial charge in [-0.3, -0.25) is 4.79 Å². The molecular weight excluding hydrogens is 357 g/mol. The van der Waals surface area contributed by atoms with E-state index in [2.05, 4.69) is 10.2 Å². The third kappa shape index (κ3) is 3.94. The van der Waals surface area contributed by atoms with E-state index in [0.717, 1.165) is 17.3 Å². The van der Waals surface area contributed by atoms with E-state index in [-0.39, 0.29) is 18.2 Å². The third-order valence-electron chi connectivity index (χ3n) is 3.51. The minimum atomic E-state index is -0.664. The number of nitrogens with two attached hydrogens (primary N) is 2.